The molecule has 1 nitrogen and oxygen atoms in total. The Morgan fingerprint density at radius 2 is 1.83 bits per heavy atom. The minimum atomic E-state index is -0.290. The first-order chi connectivity index (χ1) is 8.52. The third kappa shape index (κ3) is 2.36. The Morgan fingerprint density at radius 3 is 2.33 bits per heavy atom. The van der Waals surface area contributed by atoms with Crippen molar-refractivity contribution in [1.82, 2.24) is 0 Å². The number of hydrogen-bond donors (Lipinski definition) is 0. The van der Waals surface area contributed by atoms with E-state index in [0.717, 1.165) is 11.3 Å². The summed E-state index contributed by atoms with van der Waals surface area (Å²) in [5, 5.41) is 0. The van der Waals surface area contributed by atoms with Crippen LogP contribution < -0.4 is 0 Å². The fourth-order valence-corrected chi connectivity index (χ4v) is 2.98. The van der Waals surface area contributed by atoms with Gasteiger partial charge in [0.1, 0.15) is 5.82 Å². The lowest BCUT2D eigenvalue weighted by atomic mass is 9.98. The van der Waals surface area contributed by atoms with Crippen molar-refractivity contribution in [3.63, 3.8) is 0 Å². The lowest BCUT2D eigenvalue weighted by molar-refractivity contribution is 0.104. The first-order valence-corrected chi connectivity index (χ1v) is 6.74. The minimum absolute atomic E-state index is 0.00491. The molecular formula is C15H15FOS. The van der Waals surface area contributed by atoms with E-state index < -0.39 is 0 Å². The maximum atomic E-state index is 13.2. The molecule has 0 aliphatic heterocycles. The molecule has 3 heteroatoms. The Kier molecular flexibility index (Phi) is 3.62. The van der Waals surface area contributed by atoms with E-state index in [1.807, 2.05) is 12.1 Å². The molecule has 0 saturated heterocycles. The second kappa shape index (κ2) is 5.02. The number of aryl methyl sites for hydroxylation is 3. The van der Waals surface area contributed by atoms with E-state index in [1.54, 1.807) is 13.8 Å². The van der Waals surface area contributed by atoms with Gasteiger partial charge in [-0.3, -0.25) is 4.79 Å². The molecule has 0 saturated carbocycles. The molecule has 0 N–H and O–H groups in total. The molecule has 1 aromatic carbocycles. The molecule has 0 aliphatic carbocycles. The van der Waals surface area contributed by atoms with Gasteiger partial charge in [-0.2, -0.15) is 0 Å². The number of ketones is 1. The Morgan fingerprint density at radius 1 is 1.22 bits per heavy atom. The SMILES string of the molecule is CCc1ccc(C(=O)c2c(C)cc(F)cc2C)s1. The maximum Gasteiger partial charge on any atom is 0.203 e. The summed E-state index contributed by atoms with van der Waals surface area (Å²) in [6.07, 6.45) is 0.930. The molecule has 0 bridgehead atoms. The highest BCUT2D eigenvalue weighted by Gasteiger charge is 2.17. The summed E-state index contributed by atoms with van der Waals surface area (Å²) in [5.74, 6) is -0.295. The van der Waals surface area contributed by atoms with Crippen LogP contribution in [0.1, 0.15) is 38.2 Å². The highest BCUT2D eigenvalue weighted by Crippen LogP contribution is 2.24. The van der Waals surface area contributed by atoms with Crippen LogP contribution in [0.25, 0.3) is 0 Å². The first kappa shape index (κ1) is 13.0. The predicted octanol–water partition coefficient (Wildman–Crippen LogP) is 4.30. The van der Waals surface area contributed by atoms with Crippen molar-refractivity contribution in [3.05, 3.63) is 56.5 Å². The van der Waals surface area contributed by atoms with E-state index in [1.165, 1.54) is 28.3 Å². The Labute approximate surface area is 110 Å². The molecule has 18 heavy (non-hydrogen) atoms. The third-order valence-electron chi connectivity index (χ3n) is 2.96. The maximum absolute atomic E-state index is 13.2. The van der Waals surface area contributed by atoms with Crippen molar-refractivity contribution in [1.29, 1.82) is 0 Å². The molecule has 0 spiro atoms. The number of thiophene rings is 1. The molecule has 2 rings (SSSR count). The Bertz CT molecular complexity index is 575. The van der Waals surface area contributed by atoms with Crippen molar-refractivity contribution < 1.29 is 9.18 Å². The van der Waals surface area contributed by atoms with Crippen LogP contribution in [-0.4, -0.2) is 5.78 Å². The van der Waals surface area contributed by atoms with Gasteiger partial charge in [0.2, 0.25) is 5.78 Å². The zero-order valence-corrected chi connectivity index (χ0v) is 11.5. The molecule has 0 atom stereocenters. The Hall–Kier alpha value is -1.48. The average molecular weight is 262 g/mol. The van der Waals surface area contributed by atoms with Crippen LogP contribution in [-0.2, 0) is 6.42 Å². The van der Waals surface area contributed by atoms with Crippen LogP contribution in [0.3, 0.4) is 0 Å². The summed E-state index contributed by atoms with van der Waals surface area (Å²) in [4.78, 5) is 14.3. The molecule has 0 amide bonds. The fourth-order valence-electron chi connectivity index (χ4n) is 2.08. The number of benzene rings is 1. The zero-order chi connectivity index (χ0) is 13.3. The Balaban J connectivity index is 2.46. The summed E-state index contributed by atoms with van der Waals surface area (Å²) >= 11 is 1.51. The first-order valence-electron chi connectivity index (χ1n) is 5.93. The van der Waals surface area contributed by atoms with Gasteiger partial charge in [-0.1, -0.05) is 6.92 Å². The number of carbonyl (C=O) groups is 1. The third-order valence-corrected chi connectivity index (χ3v) is 4.19. The van der Waals surface area contributed by atoms with Gasteiger partial charge in [-0.05, 0) is 55.7 Å². The van der Waals surface area contributed by atoms with E-state index in [-0.39, 0.29) is 11.6 Å². The summed E-state index contributed by atoms with van der Waals surface area (Å²) in [7, 11) is 0. The summed E-state index contributed by atoms with van der Waals surface area (Å²) in [6, 6.07) is 6.66. The van der Waals surface area contributed by atoms with Crippen molar-refractivity contribution in [2.24, 2.45) is 0 Å². The quantitative estimate of drug-likeness (QED) is 0.754. The highest BCUT2D eigenvalue weighted by molar-refractivity contribution is 7.14. The van der Waals surface area contributed by atoms with Crippen molar-refractivity contribution in [2.45, 2.75) is 27.2 Å². The summed E-state index contributed by atoms with van der Waals surface area (Å²) in [5.41, 5.74) is 2.02. The molecule has 94 valence electrons. The van der Waals surface area contributed by atoms with Crippen LogP contribution in [0.2, 0.25) is 0 Å². The molecule has 0 unspecified atom stereocenters. The number of halogens is 1. The van der Waals surface area contributed by atoms with E-state index in [9.17, 15) is 9.18 Å². The standard InChI is InChI=1S/C15H15FOS/c1-4-12-5-6-13(18-12)15(17)14-9(2)7-11(16)8-10(14)3/h5-8H,4H2,1-3H3. The molecule has 1 heterocycles. The molecule has 0 radical (unpaired) electrons. The monoisotopic (exact) mass is 262 g/mol. The van der Waals surface area contributed by atoms with Crippen LogP contribution in [0, 0.1) is 19.7 Å². The summed E-state index contributed by atoms with van der Waals surface area (Å²) in [6.45, 7) is 5.61. The second-order valence-electron chi connectivity index (χ2n) is 4.36. The second-order valence-corrected chi connectivity index (χ2v) is 5.53. The predicted molar refractivity (Wildman–Crippen MR) is 73.0 cm³/mol. The molecular weight excluding hydrogens is 247 g/mol. The van der Waals surface area contributed by atoms with Gasteiger partial charge < -0.3 is 0 Å². The van der Waals surface area contributed by atoms with Gasteiger partial charge in [0, 0.05) is 10.4 Å². The normalized spacial score (nSPS) is 10.7. The molecule has 0 aliphatic rings. The van der Waals surface area contributed by atoms with E-state index >= 15 is 0 Å². The molecule has 0 fully saturated rings. The van der Waals surface area contributed by atoms with E-state index in [0.29, 0.717) is 16.7 Å². The highest BCUT2D eigenvalue weighted by atomic mass is 32.1. The van der Waals surface area contributed by atoms with Gasteiger partial charge in [-0.15, -0.1) is 11.3 Å². The largest absolute Gasteiger partial charge is 0.288 e. The summed E-state index contributed by atoms with van der Waals surface area (Å²) < 4.78 is 13.2. The molecule has 1 aromatic heterocycles. The van der Waals surface area contributed by atoms with Crippen molar-refractivity contribution in [2.75, 3.05) is 0 Å². The number of rotatable bonds is 3. The van der Waals surface area contributed by atoms with E-state index in [4.69, 9.17) is 0 Å². The van der Waals surface area contributed by atoms with Crippen LogP contribution in [0.5, 0.6) is 0 Å². The minimum Gasteiger partial charge on any atom is -0.288 e. The zero-order valence-electron chi connectivity index (χ0n) is 10.7. The van der Waals surface area contributed by atoms with Gasteiger partial charge in [0.05, 0.1) is 4.88 Å². The smallest absolute Gasteiger partial charge is 0.203 e. The van der Waals surface area contributed by atoms with Crippen LogP contribution in [0.4, 0.5) is 4.39 Å². The van der Waals surface area contributed by atoms with Crippen LogP contribution in [0.15, 0.2) is 24.3 Å². The van der Waals surface area contributed by atoms with Crippen molar-refractivity contribution in [3.8, 4) is 0 Å². The molecule has 2 aromatic rings. The average Bonchev–Trinajstić information content (AvgIpc) is 2.75. The van der Waals surface area contributed by atoms with Gasteiger partial charge >= 0.3 is 0 Å². The van der Waals surface area contributed by atoms with E-state index in [2.05, 4.69) is 6.92 Å². The van der Waals surface area contributed by atoms with Gasteiger partial charge in [-0.25, -0.2) is 4.39 Å². The fraction of sp³-hybridized carbons (Fsp3) is 0.267. The number of hydrogen-bond acceptors (Lipinski definition) is 2. The lowest BCUT2D eigenvalue weighted by Gasteiger charge is -2.07. The van der Waals surface area contributed by atoms with Gasteiger partial charge in [0.15, 0.2) is 0 Å². The van der Waals surface area contributed by atoms with Crippen molar-refractivity contribution >= 4 is 17.1 Å². The number of carbonyl (C=O) groups excluding carboxylic acids is 1. The van der Waals surface area contributed by atoms with Crippen LogP contribution >= 0.6 is 11.3 Å². The topological polar surface area (TPSA) is 17.1 Å². The van der Waals surface area contributed by atoms with Gasteiger partial charge in [0.25, 0.3) is 0 Å². The lowest BCUT2D eigenvalue weighted by Crippen LogP contribution is -2.05.